The normalized spacial score (nSPS) is 10.3. The van der Waals surface area contributed by atoms with E-state index >= 15 is 0 Å². The molecule has 0 aromatic heterocycles. The zero-order valence-corrected chi connectivity index (χ0v) is 13.3. The Morgan fingerprint density at radius 3 is 2.46 bits per heavy atom. The third-order valence-corrected chi connectivity index (χ3v) is 3.14. The molecule has 6 nitrogen and oxygen atoms in total. The molecule has 126 valence electrons. The van der Waals surface area contributed by atoms with Gasteiger partial charge in [0.15, 0.2) is 5.11 Å². The Labute approximate surface area is 141 Å². The van der Waals surface area contributed by atoms with E-state index < -0.39 is 11.5 Å². The molecule has 0 aliphatic heterocycles. The molecule has 0 aliphatic carbocycles. The molecule has 0 atom stereocenters. The third kappa shape index (κ3) is 4.85. The van der Waals surface area contributed by atoms with Crippen molar-refractivity contribution in [2.75, 3.05) is 10.6 Å². The van der Waals surface area contributed by atoms with Gasteiger partial charge in [-0.1, -0.05) is 6.07 Å². The van der Waals surface area contributed by atoms with Gasteiger partial charge >= 0.3 is 6.61 Å². The van der Waals surface area contributed by atoms with Gasteiger partial charge in [0.25, 0.3) is 5.69 Å². The van der Waals surface area contributed by atoms with E-state index in [1.807, 2.05) is 0 Å². The van der Waals surface area contributed by atoms with E-state index in [1.165, 1.54) is 30.3 Å². The number of non-ortho nitro benzene ring substituents is 1. The summed E-state index contributed by atoms with van der Waals surface area (Å²) in [6.45, 7) is -1.16. The van der Waals surface area contributed by atoms with Crippen molar-refractivity contribution in [1.82, 2.24) is 0 Å². The molecule has 2 rings (SSSR count). The lowest BCUT2D eigenvalue weighted by Gasteiger charge is -2.15. The van der Waals surface area contributed by atoms with Crippen LogP contribution in [0.4, 0.5) is 25.8 Å². The summed E-state index contributed by atoms with van der Waals surface area (Å²) in [5, 5.41) is 16.3. The molecular weight excluding hydrogens is 340 g/mol. The average molecular weight is 353 g/mol. The molecule has 0 aliphatic rings. The largest absolute Gasteiger partial charge is 0.433 e. The SMILES string of the molecule is Cc1ccc(OC(F)F)c(NC(=S)Nc2ccc([N+](=O)[O-])cc2)c1. The van der Waals surface area contributed by atoms with E-state index in [9.17, 15) is 18.9 Å². The van der Waals surface area contributed by atoms with Crippen LogP contribution in [0, 0.1) is 17.0 Å². The molecule has 0 bridgehead atoms. The number of nitrogens with zero attached hydrogens (tertiary/aromatic N) is 1. The number of hydrogen-bond donors (Lipinski definition) is 2. The first-order chi connectivity index (χ1) is 11.3. The molecule has 2 N–H and O–H groups in total. The molecule has 0 unspecified atom stereocenters. The highest BCUT2D eigenvalue weighted by molar-refractivity contribution is 7.80. The number of rotatable bonds is 5. The van der Waals surface area contributed by atoms with Gasteiger partial charge in [-0.15, -0.1) is 0 Å². The molecule has 9 heteroatoms. The van der Waals surface area contributed by atoms with E-state index in [2.05, 4.69) is 15.4 Å². The first-order valence-electron chi connectivity index (χ1n) is 6.73. The fourth-order valence-corrected chi connectivity index (χ4v) is 2.12. The summed E-state index contributed by atoms with van der Waals surface area (Å²) >= 11 is 5.12. The number of benzene rings is 2. The number of ether oxygens (including phenoxy) is 1. The summed E-state index contributed by atoms with van der Waals surface area (Å²) in [5.41, 5.74) is 1.58. The van der Waals surface area contributed by atoms with Crippen LogP contribution in [0.3, 0.4) is 0 Å². The van der Waals surface area contributed by atoms with Crippen LogP contribution in [0.25, 0.3) is 0 Å². The maximum Gasteiger partial charge on any atom is 0.387 e. The van der Waals surface area contributed by atoms with Crippen molar-refractivity contribution in [3.63, 3.8) is 0 Å². The summed E-state index contributed by atoms with van der Waals surface area (Å²) in [4.78, 5) is 10.1. The van der Waals surface area contributed by atoms with Crippen LogP contribution in [0.1, 0.15) is 5.56 Å². The molecule has 0 saturated carbocycles. The second-order valence-corrected chi connectivity index (χ2v) is 5.17. The van der Waals surface area contributed by atoms with Crippen LogP contribution < -0.4 is 15.4 Å². The summed E-state index contributed by atoms with van der Waals surface area (Å²) in [5.74, 6) is -0.0385. The van der Waals surface area contributed by atoms with Gasteiger partial charge in [-0.2, -0.15) is 8.78 Å². The van der Waals surface area contributed by atoms with E-state index in [1.54, 1.807) is 19.1 Å². The van der Waals surface area contributed by atoms with Gasteiger partial charge in [-0.25, -0.2) is 0 Å². The molecular formula is C15H13F2N3O3S. The van der Waals surface area contributed by atoms with Gasteiger partial charge in [0.2, 0.25) is 0 Å². The first kappa shape index (κ1) is 17.5. The quantitative estimate of drug-likeness (QED) is 0.474. The molecule has 2 aromatic carbocycles. The fourth-order valence-electron chi connectivity index (χ4n) is 1.89. The minimum Gasteiger partial charge on any atom is -0.433 e. The Morgan fingerprint density at radius 2 is 1.88 bits per heavy atom. The smallest absolute Gasteiger partial charge is 0.387 e. The zero-order valence-electron chi connectivity index (χ0n) is 12.5. The molecule has 24 heavy (non-hydrogen) atoms. The summed E-state index contributed by atoms with van der Waals surface area (Å²) in [6.07, 6.45) is 0. The number of nitro groups is 1. The van der Waals surface area contributed by atoms with Crippen LogP contribution in [0.15, 0.2) is 42.5 Å². The Bertz CT molecular complexity index is 754. The van der Waals surface area contributed by atoms with Crippen LogP contribution in [-0.2, 0) is 0 Å². The molecule has 0 amide bonds. The number of aryl methyl sites for hydroxylation is 1. The second-order valence-electron chi connectivity index (χ2n) is 4.76. The van der Waals surface area contributed by atoms with Crippen LogP contribution in [0.2, 0.25) is 0 Å². The lowest BCUT2D eigenvalue weighted by Crippen LogP contribution is -2.20. The number of alkyl halides is 2. The van der Waals surface area contributed by atoms with Crippen molar-refractivity contribution in [2.24, 2.45) is 0 Å². The van der Waals surface area contributed by atoms with Gasteiger partial charge in [0.05, 0.1) is 10.6 Å². The highest BCUT2D eigenvalue weighted by atomic mass is 32.1. The number of hydrogen-bond acceptors (Lipinski definition) is 4. The maximum absolute atomic E-state index is 12.4. The first-order valence-corrected chi connectivity index (χ1v) is 7.14. The summed E-state index contributed by atoms with van der Waals surface area (Å²) < 4.78 is 29.3. The lowest BCUT2D eigenvalue weighted by molar-refractivity contribution is -0.384. The van der Waals surface area contributed by atoms with Crippen molar-refractivity contribution in [1.29, 1.82) is 0 Å². The van der Waals surface area contributed by atoms with Crippen LogP contribution in [0.5, 0.6) is 5.75 Å². The Hall–Kier alpha value is -2.81. The van der Waals surface area contributed by atoms with Gasteiger partial charge in [-0.05, 0) is 49.0 Å². The summed E-state index contributed by atoms with van der Waals surface area (Å²) in [6, 6.07) is 10.3. The highest BCUT2D eigenvalue weighted by Crippen LogP contribution is 2.27. The molecule has 0 heterocycles. The van der Waals surface area contributed by atoms with Gasteiger partial charge in [0.1, 0.15) is 5.75 Å². The molecule has 0 radical (unpaired) electrons. The molecule has 0 saturated heterocycles. The number of thiocarbonyl (C=S) groups is 1. The molecule has 0 spiro atoms. The molecule has 0 fully saturated rings. The summed E-state index contributed by atoms with van der Waals surface area (Å²) in [7, 11) is 0. The van der Waals surface area contributed by atoms with Crippen molar-refractivity contribution >= 4 is 34.4 Å². The van der Waals surface area contributed by atoms with Crippen LogP contribution in [-0.4, -0.2) is 16.6 Å². The monoisotopic (exact) mass is 353 g/mol. The Balaban J connectivity index is 2.09. The van der Waals surface area contributed by atoms with E-state index in [0.29, 0.717) is 5.69 Å². The minimum absolute atomic E-state index is 0.0385. The zero-order chi connectivity index (χ0) is 17.7. The Morgan fingerprint density at radius 1 is 1.21 bits per heavy atom. The fraction of sp³-hybridized carbons (Fsp3) is 0.133. The van der Waals surface area contributed by atoms with Crippen molar-refractivity contribution in [3.05, 3.63) is 58.1 Å². The number of anilines is 2. The second kappa shape index (κ2) is 7.64. The van der Waals surface area contributed by atoms with Crippen molar-refractivity contribution in [3.8, 4) is 5.75 Å². The van der Waals surface area contributed by atoms with E-state index in [-0.39, 0.29) is 22.2 Å². The standard InChI is InChI=1S/C15H13F2N3O3S/c1-9-2-7-13(23-14(16)17)12(8-9)19-15(24)18-10-3-5-11(6-4-10)20(21)22/h2-8,14H,1H3,(H2,18,19,24). The van der Waals surface area contributed by atoms with Gasteiger partial charge in [0, 0.05) is 17.8 Å². The van der Waals surface area contributed by atoms with E-state index in [4.69, 9.17) is 12.2 Å². The topological polar surface area (TPSA) is 76.4 Å². The third-order valence-electron chi connectivity index (χ3n) is 2.94. The maximum atomic E-state index is 12.4. The van der Waals surface area contributed by atoms with Gasteiger partial charge in [-0.3, -0.25) is 10.1 Å². The minimum atomic E-state index is -2.95. The number of nitrogens with one attached hydrogen (secondary N) is 2. The highest BCUT2D eigenvalue weighted by Gasteiger charge is 2.11. The van der Waals surface area contributed by atoms with Gasteiger partial charge < -0.3 is 15.4 Å². The molecule has 2 aromatic rings. The van der Waals surface area contributed by atoms with E-state index in [0.717, 1.165) is 5.56 Å². The lowest BCUT2D eigenvalue weighted by atomic mass is 10.2. The predicted molar refractivity (Wildman–Crippen MR) is 90.8 cm³/mol. The number of nitro benzene ring substituents is 1. The van der Waals surface area contributed by atoms with Crippen molar-refractivity contribution < 1.29 is 18.4 Å². The predicted octanol–water partition coefficient (Wildman–Crippen LogP) is 4.31. The number of halogens is 2. The van der Waals surface area contributed by atoms with Crippen molar-refractivity contribution in [2.45, 2.75) is 13.5 Å². The average Bonchev–Trinajstić information content (AvgIpc) is 2.50. The van der Waals surface area contributed by atoms with Crippen LogP contribution >= 0.6 is 12.2 Å². The Kier molecular flexibility index (Phi) is 5.59.